The van der Waals surface area contributed by atoms with Gasteiger partial charge in [-0.05, 0) is 64.9 Å². The van der Waals surface area contributed by atoms with E-state index in [0.29, 0.717) is 11.3 Å². The third-order valence-electron chi connectivity index (χ3n) is 3.94. The van der Waals surface area contributed by atoms with Gasteiger partial charge in [0.1, 0.15) is 11.9 Å². The number of hydrogen-bond donors (Lipinski definition) is 2. The summed E-state index contributed by atoms with van der Waals surface area (Å²) >= 11 is 2.19. The third kappa shape index (κ3) is 3.90. The zero-order valence-corrected chi connectivity index (χ0v) is 17.2. The van der Waals surface area contributed by atoms with Gasteiger partial charge in [0, 0.05) is 14.8 Å². The standard InChI is InChI=1S/C18H18IN3O3S/c1-11(2)16(18(23)20-13-9-7-12(19)8-10-13)21-17-14-5-3-4-6-15(14)26(24,25)22-17/h3-11,16H,1-2H3,(H,20,23)(H,21,22)/t16-/m0/s1. The molecule has 1 atom stereocenters. The van der Waals surface area contributed by atoms with Gasteiger partial charge in [-0.3, -0.25) is 14.5 Å². The van der Waals surface area contributed by atoms with E-state index >= 15 is 0 Å². The van der Waals surface area contributed by atoms with Crippen LogP contribution in [0.3, 0.4) is 0 Å². The summed E-state index contributed by atoms with van der Waals surface area (Å²) in [5, 5.41) is 2.84. The van der Waals surface area contributed by atoms with Crippen molar-refractivity contribution in [3.05, 3.63) is 57.7 Å². The maximum atomic E-state index is 12.7. The van der Waals surface area contributed by atoms with Gasteiger partial charge in [0.25, 0.3) is 10.0 Å². The molecule has 0 unspecified atom stereocenters. The molecule has 0 aliphatic carbocycles. The van der Waals surface area contributed by atoms with Gasteiger partial charge in [-0.1, -0.05) is 26.0 Å². The van der Waals surface area contributed by atoms with Crippen LogP contribution in [0.5, 0.6) is 0 Å². The number of amidine groups is 1. The summed E-state index contributed by atoms with van der Waals surface area (Å²) in [4.78, 5) is 17.3. The quantitative estimate of drug-likeness (QED) is 0.656. The highest BCUT2D eigenvalue weighted by atomic mass is 127. The van der Waals surface area contributed by atoms with E-state index in [1.807, 2.05) is 38.1 Å². The number of amides is 1. The Kier molecular flexibility index (Phi) is 5.33. The minimum Gasteiger partial charge on any atom is -0.324 e. The molecule has 2 N–H and O–H groups in total. The van der Waals surface area contributed by atoms with Crippen molar-refractivity contribution in [3.63, 3.8) is 0 Å². The molecule has 26 heavy (non-hydrogen) atoms. The van der Waals surface area contributed by atoms with Crippen LogP contribution in [0.4, 0.5) is 5.69 Å². The van der Waals surface area contributed by atoms with Crippen LogP contribution in [0.25, 0.3) is 0 Å². The SMILES string of the molecule is CC(C)[C@H](N=C1NS(=O)(=O)c2ccccc21)C(=O)Nc1ccc(I)cc1. The molecule has 1 aliphatic heterocycles. The molecule has 1 amide bonds. The maximum absolute atomic E-state index is 12.7. The van der Waals surface area contributed by atoms with Crippen LogP contribution in [-0.2, 0) is 14.8 Å². The van der Waals surface area contributed by atoms with Crippen LogP contribution in [0.2, 0.25) is 0 Å². The molecule has 0 saturated carbocycles. The molecule has 2 aromatic rings. The van der Waals surface area contributed by atoms with Crippen molar-refractivity contribution in [1.82, 2.24) is 4.72 Å². The molecule has 0 bridgehead atoms. The number of nitrogens with one attached hydrogen (secondary N) is 2. The number of hydrogen-bond acceptors (Lipinski definition) is 4. The lowest BCUT2D eigenvalue weighted by Crippen LogP contribution is -2.34. The van der Waals surface area contributed by atoms with E-state index in [1.54, 1.807) is 18.2 Å². The van der Waals surface area contributed by atoms with Crippen molar-refractivity contribution in [2.75, 3.05) is 5.32 Å². The normalized spacial score (nSPS) is 17.6. The molecule has 0 aromatic heterocycles. The third-order valence-corrected chi connectivity index (χ3v) is 6.06. The predicted molar refractivity (Wildman–Crippen MR) is 110 cm³/mol. The Morgan fingerprint density at radius 1 is 1.12 bits per heavy atom. The number of halogens is 1. The summed E-state index contributed by atoms with van der Waals surface area (Å²) in [5.41, 5.74) is 1.16. The van der Waals surface area contributed by atoms with Crippen molar-refractivity contribution < 1.29 is 13.2 Å². The second-order valence-electron chi connectivity index (χ2n) is 6.26. The maximum Gasteiger partial charge on any atom is 0.263 e. The highest BCUT2D eigenvalue weighted by molar-refractivity contribution is 14.1. The second kappa shape index (κ2) is 7.36. The number of anilines is 1. The highest BCUT2D eigenvalue weighted by Gasteiger charge is 2.32. The van der Waals surface area contributed by atoms with E-state index in [0.717, 1.165) is 3.57 Å². The Balaban J connectivity index is 1.91. The van der Waals surface area contributed by atoms with Crippen molar-refractivity contribution in [2.24, 2.45) is 10.9 Å². The first kappa shape index (κ1) is 18.8. The molecule has 1 heterocycles. The van der Waals surface area contributed by atoms with Crippen LogP contribution < -0.4 is 10.0 Å². The molecule has 0 spiro atoms. The van der Waals surface area contributed by atoms with Crippen molar-refractivity contribution in [2.45, 2.75) is 24.8 Å². The lowest BCUT2D eigenvalue weighted by Gasteiger charge is -2.17. The number of aliphatic imine (C=N–C) groups is 1. The summed E-state index contributed by atoms with van der Waals surface area (Å²) in [7, 11) is -3.63. The number of fused-ring (bicyclic) bond motifs is 1. The number of benzene rings is 2. The van der Waals surface area contributed by atoms with Crippen LogP contribution in [-0.4, -0.2) is 26.2 Å². The predicted octanol–water partition coefficient (Wildman–Crippen LogP) is 2.99. The monoisotopic (exact) mass is 483 g/mol. The highest BCUT2D eigenvalue weighted by Crippen LogP contribution is 2.24. The van der Waals surface area contributed by atoms with E-state index in [-0.39, 0.29) is 22.6 Å². The Bertz CT molecular complexity index is 969. The van der Waals surface area contributed by atoms with Gasteiger partial charge in [0.15, 0.2) is 0 Å². The van der Waals surface area contributed by atoms with Crippen LogP contribution in [0.15, 0.2) is 58.4 Å². The molecule has 3 rings (SSSR count). The molecule has 6 nitrogen and oxygen atoms in total. The van der Waals surface area contributed by atoms with Crippen LogP contribution in [0.1, 0.15) is 19.4 Å². The molecule has 0 saturated heterocycles. The summed E-state index contributed by atoms with van der Waals surface area (Å²) in [6.07, 6.45) is 0. The summed E-state index contributed by atoms with van der Waals surface area (Å²) < 4.78 is 27.9. The van der Waals surface area contributed by atoms with Gasteiger partial charge in [-0.15, -0.1) is 0 Å². The zero-order chi connectivity index (χ0) is 18.9. The fourth-order valence-electron chi connectivity index (χ4n) is 2.63. The summed E-state index contributed by atoms with van der Waals surface area (Å²) in [6, 6.07) is 13.3. The summed E-state index contributed by atoms with van der Waals surface area (Å²) in [5.74, 6) is -0.182. The van der Waals surface area contributed by atoms with Gasteiger partial charge >= 0.3 is 0 Å². The average molecular weight is 483 g/mol. The minimum absolute atomic E-state index is 0.108. The molecule has 8 heteroatoms. The van der Waals surface area contributed by atoms with Crippen LogP contribution >= 0.6 is 22.6 Å². The van der Waals surface area contributed by atoms with Gasteiger partial charge in [-0.25, -0.2) is 8.42 Å². The minimum atomic E-state index is -3.63. The molecular formula is C18H18IN3O3S. The van der Waals surface area contributed by atoms with Crippen molar-refractivity contribution >= 4 is 50.0 Å². The second-order valence-corrected chi connectivity index (χ2v) is 9.16. The van der Waals surface area contributed by atoms with Gasteiger partial charge in [0.2, 0.25) is 5.91 Å². The molecule has 0 fully saturated rings. The number of nitrogens with zero attached hydrogens (tertiary/aromatic N) is 1. The Hall–Kier alpha value is -1.94. The molecular weight excluding hydrogens is 465 g/mol. The van der Waals surface area contributed by atoms with E-state index in [1.165, 1.54) is 6.07 Å². The van der Waals surface area contributed by atoms with Gasteiger partial charge in [0.05, 0.1) is 4.90 Å². The number of sulfonamides is 1. The topological polar surface area (TPSA) is 87.6 Å². The number of carbonyl (C=O) groups excluding carboxylic acids is 1. The summed E-state index contributed by atoms with van der Waals surface area (Å²) in [6.45, 7) is 3.75. The van der Waals surface area contributed by atoms with Gasteiger partial charge in [-0.2, -0.15) is 0 Å². The lowest BCUT2D eigenvalue weighted by molar-refractivity contribution is -0.118. The smallest absolute Gasteiger partial charge is 0.263 e. The van der Waals surface area contributed by atoms with E-state index in [4.69, 9.17) is 0 Å². The fourth-order valence-corrected chi connectivity index (χ4v) is 4.23. The Morgan fingerprint density at radius 3 is 2.42 bits per heavy atom. The fraction of sp³-hybridized carbons (Fsp3) is 0.222. The first-order valence-electron chi connectivity index (χ1n) is 8.04. The van der Waals surface area contributed by atoms with E-state index in [9.17, 15) is 13.2 Å². The zero-order valence-electron chi connectivity index (χ0n) is 14.2. The van der Waals surface area contributed by atoms with Crippen LogP contribution in [0, 0.1) is 9.49 Å². The number of carbonyl (C=O) groups is 1. The Morgan fingerprint density at radius 2 is 1.77 bits per heavy atom. The molecule has 1 aliphatic rings. The largest absolute Gasteiger partial charge is 0.324 e. The lowest BCUT2D eigenvalue weighted by atomic mass is 10.0. The Labute approximate surface area is 166 Å². The van der Waals surface area contributed by atoms with E-state index in [2.05, 4.69) is 37.6 Å². The number of rotatable bonds is 4. The first-order valence-corrected chi connectivity index (χ1v) is 10.6. The van der Waals surface area contributed by atoms with E-state index < -0.39 is 16.1 Å². The van der Waals surface area contributed by atoms with Crippen molar-refractivity contribution in [3.8, 4) is 0 Å². The first-order chi connectivity index (χ1) is 12.3. The average Bonchev–Trinajstić information content (AvgIpc) is 2.85. The van der Waals surface area contributed by atoms with Gasteiger partial charge < -0.3 is 5.32 Å². The molecule has 0 radical (unpaired) electrons. The molecule has 136 valence electrons. The molecule has 2 aromatic carbocycles. The van der Waals surface area contributed by atoms with Crippen molar-refractivity contribution in [1.29, 1.82) is 0 Å².